The van der Waals surface area contributed by atoms with Crippen LogP contribution < -0.4 is 10.2 Å². The number of unbranched alkanes of at least 4 members (excludes halogenated alkanes) is 1. The second kappa shape index (κ2) is 8.67. The zero-order valence-corrected chi connectivity index (χ0v) is 16.2. The summed E-state index contributed by atoms with van der Waals surface area (Å²) in [5.74, 6) is 0.0489. The smallest absolute Gasteiger partial charge is 0.227 e. The van der Waals surface area contributed by atoms with Crippen LogP contribution in [0.25, 0.3) is 0 Å². The van der Waals surface area contributed by atoms with Gasteiger partial charge in [0.25, 0.3) is 0 Å². The fraction of sp³-hybridized carbons (Fsp3) is 0.611. The van der Waals surface area contributed by atoms with Gasteiger partial charge in [0, 0.05) is 44.5 Å². The van der Waals surface area contributed by atoms with Crippen molar-refractivity contribution >= 4 is 27.3 Å². The summed E-state index contributed by atoms with van der Waals surface area (Å²) in [6.07, 6.45) is 2.70. The van der Waals surface area contributed by atoms with Gasteiger partial charge in [-0.1, -0.05) is 13.3 Å². The maximum atomic E-state index is 12.4. The number of hydrogen-bond acceptors (Lipinski definition) is 4. The number of nitrogens with zero attached hydrogens (tertiary/aromatic N) is 2. The fourth-order valence-electron chi connectivity index (χ4n) is 2.94. The number of sulfonamides is 1. The number of carbonyl (C=O) groups is 1. The highest BCUT2D eigenvalue weighted by atomic mass is 32.2. The summed E-state index contributed by atoms with van der Waals surface area (Å²) in [6, 6.07) is 7.69. The van der Waals surface area contributed by atoms with Crippen molar-refractivity contribution in [3.63, 3.8) is 0 Å². The molecule has 7 heteroatoms. The van der Waals surface area contributed by atoms with Crippen LogP contribution in [0.4, 0.5) is 11.4 Å². The second-order valence-corrected chi connectivity index (χ2v) is 8.86. The van der Waals surface area contributed by atoms with E-state index in [9.17, 15) is 13.2 Å². The maximum absolute atomic E-state index is 12.4. The van der Waals surface area contributed by atoms with Crippen LogP contribution in [0.3, 0.4) is 0 Å². The molecule has 140 valence electrons. The van der Waals surface area contributed by atoms with Gasteiger partial charge in [0.15, 0.2) is 0 Å². The predicted octanol–water partition coefficient (Wildman–Crippen LogP) is 2.53. The van der Waals surface area contributed by atoms with Crippen LogP contribution in [0.5, 0.6) is 0 Å². The van der Waals surface area contributed by atoms with Crippen molar-refractivity contribution in [2.75, 3.05) is 43.2 Å². The van der Waals surface area contributed by atoms with Crippen LogP contribution in [0, 0.1) is 5.92 Å². The molecule has 25 heavy (non-hydrogen) atoms. The Hall–Kier alpha value is -1.60. The topological polar surface area (TPSA) is 69.7 Å². The van der Waals surface area contributed by atoms with E-state index in [1.807, 2.05) is 50.2 Å². The number of piperidine rings is 1. The zero-order valence-electron chi connectivity index (χ0n) is 15.4. The van der Waals surface area contributed by atoms with E-state index < -0.39 is 10.0 Å². The first-order valence-corrected chi connectivity index (χ1v) is 10.5. The molecule has 1 aromatic rings. The van der Waals surface area contributed by atoms with Crippen LogP contribution in [-0.4, -0.2) is 51.6 Å². The highest BCUT2D eigenvalue weighted by Crippen LogP contribution is 2.23. The molecule has 1 aliphatic rings. The van der Waals surface area contributed by atoms with Crippen molar-refractivity contribution in [2.24, 2.45) is 5.92 Å². The standard InChI is InChI=1S/C18H29N3O3S/c1-4-5-14-25(23,24)21-12-10-15(11-13-21)18(22)19-16-6-8-17(9-7-16)20(2)3/h6-9,15H,4-5,10-14H2,1-3H3,(H,19,22). The van der Waals surface area contributed by atoms with E-state index in [1.165, 1.54) is 4.31 Å². The van der Waals surface area contributed by atoms with E-state index in [0.29, 0.717) is 32.4 Å². The lowest BCUT2D eigenvalue weighted by Crippen LogP contribution is -2.42. The van der Waals surface area contributed by atoms with Crippen molar-refractivity contribution in [3.8, 4) is 0 Å². The minimum absolute atomic E-state index is 0.0248. The fourth-order valence-corrected chi connectivity index (χ4v) is 4.62. The van der Waals surface area contributed by atoms with Gasteiger partial charge in [-0.2, -0.15) is 0 Å². The summed E-state index contributed by atoms with van der Waals surface area (Å²) in [5, 5.41) is 2.94. The van der Waals surface area contributed by atoms with Gasteiger partial charge >= 0.3 is 0 Å². The summed E-state index contributed by atoms with van der Waals surface area (Å²) >= 11 is 0. The van der Waals surface area contributed by atoms with E-state index in [-0.39, 0.29) is 17.6 Å². The summed E-state index contributed by atoms with van der Waals surface area (Å²) in [5.41, 5.74) is 1.84. The summed E-state index contributed by atoms with van der Waals surface area (Å²) in [4.78, 5) is 14.4. The molecule has 1 aliphatic heterocycles. The Bertz CT molecular complexity index is 663. The van der Waals surface area contributed by atoms with Crippen LogP contribution in [-0.2, 0) is 14.8 Å². The van der Waals surface area contributed by atoms with Crippen molar-refractivity contribution in [2.45, 2.75) is 32.6 Å². The third kappa shape index (κ3) is 5.44. The van der Waals surface area contributed by atoms with E-state index in [0.717, 1.165) is 17.8 Å². The first-order valence-electron chi connectivity index (χ1n) is 8.89. The van der Waals surface area contributed by atoms with Crippen LogP contribution in [0.15, 0.2) is 24.3 Å². The molecule has 1 heterocycles. The third-order valence-electron chi connectivity index (χ3n) is 4.63. The van der Waals surface area contributed by atoms with Crippen molar-refractivity contribution < 1.29 is 13.2 Å². The molecule has 1 N–H and O–H groups in total. The lowest BCUT2D eigenvalue weighted by molar-refractivity contribution is -0.120. The highest BCUT2D eigenvalue weighted by Gasteiger charge is 2.30. The Morgan fingerprint density at radius 1 is 1.20 bits per heavy atom. The van der Waals surface area contributed by atoms with E-state index in [2.05, 4.69) is 5.32 Å². The minimum Gasteiger partial charge on any atom is -0.378 e. The highest BCUT2D eigenvalue weighted by molar-refractivity contribution is 7.89. The molecule has 6 nitrogen and oxygen atoms in total. The zero-order chi connectivity index (χ0) is 18.4. The molecule has 2 rings (SSSR count). The maximum Gasteiger partial charge on any atom is 0.227 e. The molecule has 1 amide bonds. The number of benzene rings is 1. The van der Waals surface area contributed by atoms with Gasteiger partial charge in [-0.15, -0.1) is 0 Å². The van der Waals surface area contributed by atoms with E-state index in [4.69, 9.17) is 0 Å². The lowest BCUT2D eigenvalue weighted by atomic mass is 9.97. The average molecular weight is 368 g/mol. The van der Waals surface area contributed by atoms with Gasteiger partial charge in [-0.25, -0.2) is 12.7 Å². The Balaban J connectivity index is 1.86. The van der Waals surface area contributed by atoms with Gasteiger partial charge in [0.2, 0.25) is 15.9 Å². The van der Waals surface area contributed by atoms with Crippen molar-refractivity contribution in [1.82, 2.24) is 4.31 Å². The molecule has 1 saturated heterocycles. The first kappa shape index (κ1) is 19.7. The van der Waals surface area contributed by atoms with Crippen molar-refractivity contribution in [3.05, 3.63) is 24.3 Å². The molecule has 0 aromatic heterocycles. The molecule has 0 saturated carbocycles. The van der Waals surface area contributed by atoms with Crippen molar-refractivity contribution in [1.29, 1.82) is 0 Å². The number of anilines is 2. The lowest BCUT2D eigenvalue weighted by Gasteiger charge is -2.30. The normalized spacial score (nSPS) is 16.6. The van der Waals surface area contributed by atoms with E-state index in [1.54, 1.807) is 0 Å². The van der Waals surface area contributed by atoms with Gasteiger partial charge < -0.3 is 10.2 Å². The van der Waals surface area contributed by atoms with Gasteiger partial charge in [0.05, 0.1) is 5.75 Å². The summed E-state index contributed by atoms with van der Waals surface area (Å²) in [7, 11) is 0.767. The predicted molar refractivity (Wildman–Crippen MR) is 102 cm³/mol. The Kier molecular flexibility index (Phi) is 6.84. The number of amides is 1. The molecule has 0 bridgehead atoms. The Morgan fingerprint density at radius 3 is 2.32 bits per heavy atom. The van der Waals surface area contributed by atoms with Crippen LogP contribution in [0.2, 0.25) is 0 Å². The van der Waals surface area contributed by atoms with E-state index >= 15 is 0 Å². The monoisotopic (exact) mass is 367 g/mol. The molecular weight excluding hydrogens is 338 g/mol. The summed E-state index contributed by atoms with van der Waals surface area (Å²) in [6.45, 7) is 2.85. The molecule has 0 aliphatic carbocycles. The Labute approximate surface area is 151 Å². The second-order valence-electron chi connectivity index (χ2n) is 6.77. The molecule has 1 fully saturated rings. The quantitative estimate of drug-likeness (QED) is 0.804. The molecule has 0 radical (unpaired) electrons. The third-order valence-corrected chi connectivity index (χ3v) is 6.58. The molecule has 1 aromatic carbocycles. The number of carbonyl (C=O) groups excluding carboxylic acids is 1. The number of nitrogens with one attached hydrogen (secondary N) is 1. The average Bonchev–Trinajstić information content (AvgIpc) is 2.60. The number of hydrogen-bond donors (Lipinski definition) is 1. The Morgan fingerprint density at radius 2 is 1.80 bits per heavy atom. The molecular formula is C18H29N3O3S. The van der Waals surface area contributed by atoms with Gasteiger partial charge in [0.1, 0.15) is 0 Å². The minimum atomic E-state index is -3.17. The SMILES string of the molecule is CCCCS(=O)(=O)N1CCC(C(=O)Nc2ccc(N(C)C)cc2)CC1. The molecule has 0 atom stereocenters. The molecule has 0 unspecified atom stereocenters. The van der Waals surface area contributed by atoms with Crippen LogP contribution in [0.1, 0.15) is 32.6 Å². The van der Waals surface area contributed by atoms with Gasteiger partial charge in [-0.05, 0) is 43.5 Å². The summed E-state index contributed by atoms with van der Waals surface area (Å²) < 4.78 is 26.0. The number of rotatable bonds is 7. The largest absolute Gasteiger partial charge is 0.378 e. The van der Waals surface area contributed by atoms with Crippen LogP contribution >= 0.6 is 0 Å². The molecule has 0 spiro atoms. The van der Waals surface area contributed by atoms with Gasteiger partial charge in [-0.3, -0.25) is 4.79 Å². The first-order chi connectivity index (χ1) is 11.8.